The van der Waals surface area contributed by atoms with E-state index < -0.39 is 5.97 Å². The van der Waals surface area contributed by atoms with Gasteiger partial charge in [0.2, 0.25) is 0 Å². The molecule has 0 aromatic heterocycles. The number of hydrogen-bond acceptors (Lipinski definition) is 4. The zero-order valence-electron chi connectivity index (χ0n) is 15.6. The number of carbonyl (C=O) groups excluding carboxylic acids is 1. The van der Waals surface area contributed by atoms with Crippen LogP contribution >= 0.6 is 0 Å². The van der Waals surface area contributed by atoms with Crippen molar-refractivity contribution in [3.8, 4) is 0 Å². The van der Waals surface area contributed by atoms with E-state index in [0.29, 0.717) is 6.54 Å². The number of likely N-dealkylation sites (N-methyl/N-ethyl adjacent to an activating group) is 1. The highest BCUT2D eigenvalue weighted by Gasteiger charge is 2.36. The zero-order valence-corrected chi connectivity index (χ0v) is 15.6. The molecule has 7 nitrogen and oxygen atoms in total. The van der Waals surface area contributed by atoms with Gasteiger partial charge in [-0.25, -0.2) is 4.79 Å². The van der Waals surface area contributed by atoms with Gasteiger partial charge in [0, 0.05) is 32.3 Å². The fourth-order valence-corrected chi connectivity index (χ4v) is 4.14. The van der Waals surface area contributed by atoms with Crippen molar-refractivity contribution in [1.82, 2.24) is 15.5 Å². The van der Waals surface area contributed by atoms with Gasteiger partial charge < -0.3 is 20.5 Å². The number of urea groups is 1. The molecule has 3 N–H and O–H groups in total. The van der Waals surface area contributed by atoms with Gasteiger partial charge in [0.15, 0.2) is 0 Å². The van der Waals surface area contributed by atoms with Crippen LogP contribution < -0.4 is 10.6 Å². The number of aliphatic carboxylic acids is 1. The molecule has 2 amide bonds. The van der Waals surface area contributed by atoms with Gasteiger partial charge in [-0.1, -0.05) is 19.8 Å². The summed E-state index contributed by atoms with van der Waals surface area (Å²) in [7, 11) is 1.72. The molecule has 0 atom stereocenters. The fourth-order valence-electron chi connectivity index (χ4n) is 4.14. The Hall–Kier alpha value is -1.34. The van der Waals surface area contributed by atoms with Crippen LogP contribution in [0.5, 0.6) is 0 Å². The summed E-state index contributed by atoms with van der Waals surface area (Å²) in [6.45, 7) is 4.21. The lowest BCUT2D eigenvalue weighted by molar-refractivity contribution is -0.139. The van der Waals surface area contributed by atoms with Gasteiger partial charge >= 0.3 is 12.0 Å². The summed E-state index contributed by atoms with van der Waals surface area (Å²) in [4.78, 5) is 25.0. The summed E-state index contributed by atoms with van der Waals surface area (Å²) >= 11 is 0. The molecule has 0 aliphatic heterocycles. The molecule has 2 fully saturated rings. The second kappa shape index (κ2) is 9.38. The monoisotopic (exact) mass is 355 g/mol. The SMILES string of the molecule is CCN(CC(=O)O)C1CC(NC(=O)NCC2(CCOC)CCCC2)C1. The Morgan fingerprint density at radius 2 is 1.96 bits per heavy atom. The number of carboxylic acid groups (broad SMARTS) is 1. The molecule has 0 aromatic carbocycles. The molecular formula is C18H33N3O4. The van der Waals surface area contributed by atoms with Gasteiger partial charge in [0.25, 0.3) is 0 Å². The molecule has 0 bridgehead atoms. The Kier molecular flexibility index (Phi) is 7.50. The number of rotatable bonds is 10. The molecule has 0 aromatic rings. The molecule has 0 radical (unpaired) electrons. The van der Waals surface area contributed by atoms with E-state index >= 15 is 0 Å². The van der Waals surface area contributed by atoms with Crippen molar-refractivity contribution in [2.45, 2.75) is 64.0 Å². The van der Waals surface area contributed by atoms with Crippen molar-refractivity contribution in [3.63, 3.8) is 0 Å². The second-order valence-corrected chi connectivity index (χ2v) is 7.56. The second-order valence-electron chi connectivity index (χ2n) is 7.56. The quantitative estimate of drug-likeness (QED) is 0.556. The van der Waals surface area contributed by atoms with E-state index in [4.69, 9.17) is 9.84 Å². The zero-order chi connectivity index (χ0) is 18.3. The van der Waals surface area contributed by atoms with Crippen LogP contribution in [0.3, 0.4) is 0 Å². The third-order valence-electron chi connectivity index (χ3n) is 5.83. The van der Waals surface area contributed by atoms with Crippen LogP contribution in [0.15, 0.2) is 0 Å². The normalized spacial score (nSPS) is 24.8. The van der Waals surface area contributed by atoms with Crippen molar-refractivity contribution < 1.29 is 19.4 Å². The molecule has 2 rings (SSSR count). The van der Waals surface area contributed by atoms with Crippen molar-refractivity contribution >= 4 is 12.0 Å². The minimum Gasteiger partial charge on any atom is -0.480 e. The first-order valence-corrected chi connectivity index (χ1v) is 9.47. The van der Waals surface area contributed by atoms with Gasteiger partial charge in [-0.3, -0.25) is 9.69 Å². The lowest BCUT2D eigenvalue weighted by atomic mass is 9.83. The topological polar surface area (TPSA) is 90.9 Å². The van der Waals surface area contributed by atoms with Crippen LogP contribution in [0.1, 0.15) is 51.9 Å². The average Bonchev–Trinajstić information content (AvgIpc) is 3.01. The van der Waals surface area contributed by atoms with Crippen LogP contribution in [0.25, 0.3) is 0 Å². The van der Waals surface area contributed by atoms with Crippen molar-refractivity contribution in [2.24, 2.45) is 5.41 Å². The lowest BCUT2D eigenvalue weighted by Crippen LogP contribution is -2.56. The minimum absolute atomic E-state index is 0.0715. The van der Waals surface area contributed by atoms with Gasteiger partial charge in [0.05, 0.1) is 6.54 Å². The number of methoxy groups -OCH3 is 1. The van der Waals surface area contributed by atoms with Crippen LogP contribution in [-0.4, -0.2) is 67.4 Å². The largest absolute Gasteiger partial charge is 0.480 e. The van der Waals surface area contributed by atoms with E-state index in [9.17, 15) is 9.59 Å². The van der Waals surface area contributed by atoms with E-state index in [1.165, 1.54) is 12.8 Å². The summed E-state index contributed by atoms with van der Waals surface area (Å²) in [6.07, 6.45) is 7.41. The molecule has 7 heteroatoms. The van der Waals surface area contributed by atoms with E-state index in [1.54, 1.807) is 7.11 Å². The number of nitrogens with one attached hydrogen (secondary N) is 2. The Morgan fingerprint density at radius 1 is 1.28 bits per heavy atom. The van der Waals surface area contributed by atoms with Gasteiger partial charge in [-0.05, 0) is 44.1 Å². The standard InChI is InChI=1S/C18H33N3O4/c1-3-21(12-16(22)23)15-10-14(11-15)20-17(24)19-13-18(8-9-25-2)6-4-5-7-18/h14-15H,3-13H2,1-2H3,(H,22,23)(H2,19,20,24). The molecule has 0 spiro atoms. The highest BCUT2D eigenvalue weighted by molar-refractivity contribution is 5.74. The predicted octanol–water partition coefficient (Wildman–Crippen LogP) is 1.82. The minimum atomic E-state index is -0.797. The third kappa shape index (κ3) is 5.85. The Balaban J connectivity index is 1.68. The molecule has 2 aliphatic rings. The first-order chi connectivity index (χ1) is 12.0. The lowest BCUT2D eigenvalue weighted by Gasteiger charge is -2.42. The molecule has 0 heterocycles. The third-order valence-corrected chi connectivity index (χ3v) is 5.83. The molecular weight excluding hydrogens is 322 g/mol. The Morgan fingerprint density at radius 3 is 2.52 bits per heavy atom. The number of nitrogens with zero attached hydrogens (tertiary/aromatic N) is 1. The van der Waals surface area contributed by atoms with E-state index in [1.807, 2.05) is 11.8 Å². The van der Waals surface area contributed by atoms with Crippen molar-refractivity contribution in [1.29, 1.82) is 0 Å². The van der Waals surface area contributed by atoms with Gasteiger partial charge in [0.1, 0.15) is 0 Å². The first kappa shape index (κ1) is 20.0. The number of carboxylic acids is 1. The maximum Gasteiger partial charge on any atom is 0.317 e. The molecule has 0 unspecified atom stereocenters. The van der Waals surface area contributed by atoms with E-state index in [0.717, 1.165) is 45.3 Å². The van der Waals surface area contributed by atoms with Crippen LogP contribution in [0.2, 0.25) is 0 Å². The van der Waals surface area contributed by atoms with E-state index in [2.05, 4.69) is 10.6 Å². The van der Waals surface area contributed by atoms with Gasteiger partial charge in [-0.2, -0.15) is 0 Å². The number of hydrogen-bond donors (Lipinski definition) is 3. The maximum atomic E-state index is 12.2. The number of carbonyl (C=O) groups is 2. The summed E-state index contributed by atoms with van der Waals surface area (Å²) in [5, 5.41) is 15.0. The summed E-state index contributed by atoms with van der Waals surface area (Å²) in [5.41, 5.74) is 0.190. The maximum absolute atomic E-state index is 12.2. The number of amides is 2. The summed E-state index contributed by atoms with van der Waals surface area (Å²) < 4.78 is 5.22. The average molecular weight is 355 g/mol. The fraction of sp³-hybridized carbons (Fsp3) is 0.889. The van der Waals surface area contributed by atoms with Crippen LogP contribution in [0, 0.1) is 5.41 Å². The number of ether oxygens (including phenoxy) is 1. The van der Waals surface area contributed by atoms with Crippen LogP contribution in [-0.2, 0) is 9.53 Å². The Bertz CT molecular complexity index is 446. The molecule has 144 valence electrons. The Labute approximate surface area is 150 Å². The van der Waals surface area contributed by atoms with Gasteiger partial charge in [-0.15, -0.1) is 0 Å². The predicted molar refractivity (Wildman–Crippen MR) is 95.6 cm³/mol. The van der Waals surface area contributed by atoms with E-state index in [-0.39, 0.29) is 30.1 Å². The van der Waals surface area contributed by atoms with Crippen LogP contribution in [0.4, 0.5) is 4.79 Å². The smallest absolute Gasteiger partial charge is 0.317 e. The van der Waals surface area contributed by atoms with Crippen molar-refractivity contribution in [2.75, 3.05) is 33.4 Å². The van der Waals surface area contributed by atoms with Crippen molar-refractivity contribution in [3.05, 3.63) is 0 Å². The highest BCUT2D eigenvalue weighted by atomic mass is 16.5. The summed E-state index contributed by atoms with van der Waals surface area (Å²) in [6, 6.07) is 0.300. The molecule has 2 saturated carbocycles. The first-order valence-electron chi connectivity index (χ1n) is 9.47. The summed E-state index contributed by atoms with van der Waals surface area (Å²) in [5.74, 6) is -0.797. The highest BCUT2D eigenvalue weighted by Crippen LogP contribution is 2.40. The molecule has 0 saturated heterocycles. The molecule has 25 heavy (non-hydrogen) atoms. The molecule has 2 aliphatic carbocycles.